The lowest BCUT2D eigenvalue weighted by atomic mass is 9.96. The molecule has 1 aliphatic heterocycles. The lowest BCUT2D eigenvalue weighted by Gasteiger charge is -2.31. The summed E-state index contributed by atoms with van der Waals surface area (Å²) in [5.74, 6) is 1.61. The van der Waals surface area contributed by atoms with Crippen LogP contribution < -0.4 is 10.6 Å². The smallest absolute Gasteiger partial charge is 0.315 e. The van der Waals surface area contributed by atoms with Crippen molar-refractivity contribution in [3.05, 3.63) is 0 Å². The highest BCUT2D eigenvalue weighted by atomic mass is 32.2. The van der Waals surface area contributed by atoms with Gasteiger partial charge in [0.05, 0.1) is 6.07 Å². The number of hydrogen-bond donors (Lipinski definition) is 2. The van der Waals surface area contributed by atoms with E-state index in [1.165, 1.54) is 19.3 Å². The van der Waals surface area contributed by atoms with Crippen molar-refractivity contribution in [2.75, 3.05) is 24.6 Å². The molecule has 1 aliphatic carbocycles. The van der Waals surface area contributed by atoms with E-state index in [2.05, 4.69) is 16.7 Å². The van der Waals surface area contributed by atoms with E-state index in [1.807, 2.05) is 0 Å². The van der Waals surface area contributed by atoms with Gasteiger partial charge < -0.3 is 15.5 Å². The number of urea groups is 1. The van der Waals surface area contributed by atoms with Gasteiger partial charge in [0.15, 0.2) is 0 Å². The molecule has 7 heteroatoms. The molecule has 1 atom stereocenters. The Labute approximate surface area is 142 Å². The molecule has 1 saturated heterocycles. The molecule has 128 valence electrons. The zero-order chi connectivity index (χ0) is 16.5. The SMILES string of the molecule is N#CC1CSCCN1C(=O)CCCNC(=O)NC1CCCCC1. The normalized spacial score (nSPS) is 22.2. The van der Waals surface area contributed by atoms with Crippen LogP contribution >= 0.6 is 11.8 Å². The minimum atomic E-state index is -0.302. The van der Waals surface area contributed by atoms with Crippen LogP contribution in [0.15, 0.2) is 0 Å². The van der Waals surface area contributed by atoms with Crippen molar-refractivity contribution >= 4 is 23.7 Å². The van der Waals surface area contributed by atoms with Gasteiger partial charge in [-0.2, -0.15) is 17.0 Å². The molecule has 23 heavy (non-hydrogen) atoms. The predicted molar refractivity (Wildman–Crippen MR) is 91.1 cm³/mol. The van der Waals surface area contributed by atoms with Crippen LogP contribution in [-0.2, 0) is 4.79 Å². The number of carbonyl (C=O) groups is 2. The number of rotatable bonds is 5. The molecule has 0 spiro atoms. The molecule has 0 aromatic heterocycles. The molecule has 2 rings (SSSR count). The van der Waals surface area contributed by atoms with Crippen molar-refractivity contribution in [1.82, 2.24) is 15.5 Å². The number of nitrogens with one attached hydrogen (secondary N) is 2. The molecule has 2 N–H and O–H groups in total. The van der Waals surface area contributed by atoms with Crippen LogP contribution in [0.3, 0.4) is 0 Å². The molecule has 0 aromatic rings. The zero-order valence-electron chi connectivity index (χ0n) is 13.6. The van der Waals surface area contributed by atoms with Gasteiger partial charge in [0, 0.05) is 37.1 Å². The lowest BCUT2D eigenvalue weighted by molar-refractivity contribution is -0.132. The van der Waals surface area contributed by atoms with Crippen LogP contribution in [-0.4, -0.2) is 53.5 Å². The summed E-state index contributed by atoms with van der Waals surface area (Å²) < 4.78 is 0. The Morgan fingerprint density at radius 2 is 2.04 bits per heavy atom. The minimum absolute atomic E-state index is 0.0198. The number of nitriles is 1. The van der Waals surface area contributed by atoms with E-state index in [-0.39, 0.29) is 18.0 Å². The third-order valence-electron chi connectivity index (χ3n) is 4.39. The molecule has 1 saturated carbocycles. The van der Waals surface area contributed by atoms with E-state index in [9.17, 15) is 9.59 Å². The summed E-state index contributed by atoms with van der Waals surface area (Å²) >= 11 is 1.72. The second kappa shape index (κ2) is 9.66. The maximum atomic E-state index is 12.2. The van der Waals surface area contributed by atoms with E-state index in [0.29, 0.717) is 37.7 Å². The molecule has 0 aromatic carbocycles. The van der Waals surface area contributed by atoms with E-state index in [1.54, 1.807) is 16.7 Å². The maximum absolute atomic E-state index is 12.2. The fraction of sp³-hybridized carbons (Fsp3) is 0.812. The van der Waals surface area contributed by atoms with Gasteiger partial charge in [0.1, 0.15) is 6.04 Å². The van der Waals surface area contributed by atoms with Crippen molar-refractivity contribution in [1.29, 1.82) is 5.26 Å². The quantitative estimate of drug-likeness (QED) is 0.749. The Balaban J connectivity index is 1.59. The Bertz CT molecular complexity index is 446. The van der Waals surface area contributed by atoms with E-state index in [4.69, 9.17) is 5.26 Å². The van der Waals surface area contributed by atoms with Gasteiger partial charge in [-0.25, -0.2) is 4.79 Å². The molecule has 2 fully saturated rings. The number of nitrogens with zero attached hydrogens (tertiary/aromatic N) is 2. The summed E-state index contributed by atoms with van der Waals surface area (Å²) in [5.41, 5.74) is 0. The Kier molecular flexibility index (Phi) is 7.53. The standard InChI is InChI=1S/C16H26N4O2S/c17-11-14-12-23-10-9-20(14)15(21)7-4-8-18-16(22)19-13-5-2-1-3-6-13/h13-14H,1-10,12H2,(H2,18,19,22). The van der Waals surface area contributed by atoms with Crippen molar-refractivity contribution in [3.63, 3.8) is 0 Å². The summed E-state index contributed by atoms with van der Waals surface area (Å²) in [6, 6.07) is 2.06. The summed E-state index contributed by atoms with van der Waals surface area (Å²) in [6.45, 7) is 1.14. The monoisotopic (exact) mass is 338 g/mol. The highest BCUT2D eigenvalue weighted by molar-refractivity contribution is 7.99. The second-order valence-corrected chi connectivity index (χ2v) is 7.30. The minimum Gasteiger partial charge on any atom is -0.338 e. The molecule has 0 radical (unpaired) electrons. The third kappa shape index (κ3) is 5.94. The maximum Gasteiger partial charge on any atom is 0.315 e. The first-order valence-corrected chi connectivity index (χ1v) is 9.67. The summed E-state index contributed by atoms with van der Waals surface area (Å²) in [4.78, 5) is 25.6. The number of carbonyl (C=O) groups excluding carboxylic acids is 2. The molecule has 6 nitrogen and oxygen atoms in total. The fourth-order valence-corrected chi connectivity index (χ4v) is 4.05. The molecule has 3 amide bonds. The topological polar surface area (TPSA) is 85.2 Å². The second-order valence-electron chi connectivity index (χ2n) is 6.15. The van der Waals surface area contributed by atoms with E-state index < -0.39 is 0 Å². The molecule has 0 bridgehead atoms. The average molecular weight is 338 g/mol. The highest BCUT2D eigenvalue weighted by Crippen LogP contribution is 2.18. The van der Waals surface area contributed by atoms with Crippen molar-refractivity contribution in [3.8, 4) is 6.07 Å². The van der Waals surface area contributed by atoms with Gasteiger partial charge in [0.2, 0.25) is 5.91 Å². The van der Waals surface area contributed by atoms with Crippen LogP contribution in [0.4, 0.5) is 4.79 Å². The first kappa shape index (κ1) is 17.9. The largest absolute Gasteiger partial charge is 0.338 e. The first-order valence-electron chi connectivity index (χ1n) is 8.52. The number of amides is 3. The Morgan fingerprint density at radius 1 is 1.26 bits per heavy atom. The molecular formula is C16H26N4O2S. The lowest BCUT2D eigenvalue weighted by Crippen LogP contribution is -2.46. The van der Waals surface area contributed by atoms with Gasteiger partial charge >= 0.3 is 6.03 Å². The van der Waals surface area contributed by atoms with Crippen LogP contribution in [0, 0.1) is 11.3 Å². The van der Waals surface area contributed by atoms with Gasteiger partial charge in [-0.1, -0.05) is 19.3 Å². The third-order valence-corrected chi connectivity index (χ3v) is 5.41. The van der Waals surface area contributed by atoms with Gasteiger partial charge in [-0.3, -0.25) is 4.79 Å². The van der Waals surface area contributed by atoms with Crippen molar-refractivity contribution in [2.24, 2.45) is 0 Å². The summed E-state index contributed by atoms with van der Waals surface area (Å²) in [5, 5.41) is 14.9. The molecular weight excluding hydrogens is 312 g/mol. The van der Waals surface area contributed by atoms with Crippen LogP contribution in [0.2, 0.25) is 0 Å². The predicted octanol–water partition coefficient (Wildman–Crippen LogP) is 1.87. The summed E-state index contributed by atoms with van der Waals surface area (Å²) in [6.07, 6.45) is 6.76. The summed E-state index contributed by atoms with van der Waals surface area (Å²) in [7, 11) is 0. The van der Waals surface area contributed by atoms with Gasteiger partial charge in [-0.15, -0.1) is 0 Å². The van der Waals surface area contributed by atoms with Crippen molar-refractivity contribution in [2.45, 2.75) is 57.0 Å². The van der Waals surface area contributed by atoms with Gasteiger partial charge in [-0.05, 0) is 19.3 Å². The molecule has 1 heterocycles. The zero-order valence-corrected chi connectivity index (χ0v) is 14.4. The Morgan fingerprint density at radius 3 is 2.78 bits per heavy atom. The van der Waals surface area contributed by atoms with Crippen LogP contribution in [0.1, 0.15) is 44.9 Å². The van der Waals surface area contributed by atoms with Crippen LogP contribution in [0.25, 0.3) is 0 Å². The first-order chi connectivity index (χ1) is 11.2. The Hall–Kier alpha value is -1.42. The van der Waals surface area contributed by atoms with Crippen LogP contribution in [0.5, 0.6) is 0 Å². The molecule has 1 unspecified atom stereocenters. The van der Waals surface area contributed by atoms with Gasteiger partial charge in [0.25, 0.3) is 0 Å². The van der Waals surface area contributed by atoms with E-state index >= 15 is 0 Å². The van der Waals surface area contributed by atoms with Crippen molar-refractivity contribution < 1.29 is 9.59 Å². The highest BCUT2D eigenvalue weighted by Gasteiger charge is 2.26. The number of hydrogen-bond acceptors (Lipinski definition) is 4. The number of thioether (sulfide) groups is 1. The van der Waals surface area contributed by atoms with E-state index in [0.717, 1.165) is 18.6 Å². The molecule has 2 aliphatic rings. The fourth-order valence-electron chi connectivity index (χ4n) is 3.08. The average Bonchev–Trinajstić information content (AvgIpc) is 2.59.